The second-order valence-corrected chi connectivity index (χ2v) is 9.58. The Bertz CT molecular complexity index is 1570. The second kappa shape index (κ2) is 12.1. The molecule has 0 bridgehead atoms. The Labute approximate surface area is 234 Å². The fourth-order valence-corrected chi connectivity index (χ4v) is 4.32. The molecule has 0 N–H and O–H groups in total. The number of carbonyl (C=O) groups excluding carboxylic acids is 2. The maximum absolute atomic E-state index is 13.4. The molecule has 0 fully saturated rings. The summed E-state index contributed by atoms with van der Waals surface area (Å²) in [6, 6.07) is 41.6. The third kappa shape index (κ3) is 6.25. The van der Waals surface area contributed by atoms with Crippen molar-refractivity contribution in [3.05, 3.63) is 178 Å². The molecule has 40 heavy (non-hydrogen) atoms. The molecule has 0 atom stereocenters. The molecule has 0 aliphatic rings. The van der Waals surface area contributed by atoms with Crippen molar-refractivity contribution >= 4 is 23.2 Å². The fraction of sp³-hybridized carbons (Fsp3) is 0.0556. The maximum atomic E-state index is 13.4. The van der Waals surface area contributed by atoms with Crippen LogP contribution >= 0.6 is 0 Å². The highest BCUT2D eigenvalue weighted by Gasteiger charge is 2.15. The zero-order valence-electron chi connectivity index (χ0n) is 22.4. The van der Waals surface area contributed by atoms with Crippen LogP contribution in [0.25, 0.3) is 0 Å². The number of carbonyl (C=O) groups is 2. The molecule has 0 unspecified atom stereocenters. The Morgan fingerprint density at radius 3 is 1.10 bits per heavy atom. The van der Waals surface area contributed by atoms with E-state index in [-0.39, 0.29) is 0 Å². The van der Waals surface area contributed by atoms with E-state index in [1.807, 2.05) is 123 Å². The Balaban J connectivity index is 1.51. The van der Waals surface area contributed by atoms with Crippen molar-refractivity contribution in [2.24, 2.45) is 9.98 Å². The normalized spacial score (nSPS) is 11.8. The Hall–Kier alpha value is -5.22. The molecule has 194 valence electrons. The molecule has 0 heterocycles. The smallest absolute Gasteiger partial charge is 0.267 e. The summed E-state index contributed by atoms with van der Waals surface area (Å²) in [5, 5.41) is 0. The molecule has 0 aromatic heterocycles. The van der Waals surface area contributed by atoms with Crippen LogP contribution in [0.3, 0.4) is 0 Å². The molecule has 5 aromatic rings. The number of hydrogen-bond donors (Lipinski definition) is 0. The van der Waals surface area contributed by atoms with Crippen molar-refractivity contribution in [1.82, 2.24) is 0 Å². The summed E-state index contributed by atoms with van der Waals surface area (Å²) in [6.07, 6.45) is 0. The van der Waals surface area contributed by atoms with Gasteiger partial charge in [-0.1, -0.05) is 126 Å². The van der Waals surface area contributed by atoms with Gasteiger partial charge in [-0.2, -0.15) is 0 Å². The van der Waals surface area contributed by atoms with E-state index >= 15 is 0 Å². The molecule has 0 saturated carbocycles. The summed E-state index contributed by atoms with van der Waals surface area (Å²) < 4.78 is 0. The predicted molar refractivity (Wildman–Crippen MR) is 162 cm³/mol. The average molecular weight is 521 g/mol. The first kappa shape index (κ1) is 26.4. The van der Waals surface area contributed by atoms with Crippen LogP contribution in [0.4, 0.5) is 0 Å². The molecule has 4 nitrogen and oxygen atoms in total. The van der Waals surface area contributed by atoms with E-state index in [1.54, 1.807) is 24.3 Å². The number of amides is 2. The van der Waals surface area contributed by atoms with Gasteiger partial charge in [0.15, 0.2) is 0 Å². The average Bonchev–Trinajstić information content (AvgIpc) is 3.00. The molecule has 0 aliphatic heterocycles. The van der Waals surface area contributed by atoms with Crippen LogP contribution in [0.2, 0.25) is 0 Å². The molecule has 0 radical (unpaired) electrons. The molecule has 5 rings (SSSR count). The SMILES string of the molecule is Cc1ccc(C(=NC(=O)c2cccc(C(=O)N=C(c3ccccc3)c3ccc(C)cc3)c2)c2ccccc2)cc1. The number of benzene rings is 5. The highest BCUT2D eigenvalue weighted by Crippen LogP contribution is 2.17. The van der Waals surface area contributed by atoms with Gasteiger partial charge in [-0.15, -0.1) is 0 Å². The number of nitrogens with zero attached hydrogens (tertiary/aromatic N) is 2. The van der Waals surface area contributed by atoms with Gasteiger partial charge in [0.25, 0.3) is 11.8 Å². The van der Waals surface area contributed by atoms with Crippen LogP contribution in [0.5, 0.6) is 0 Å². The summed E-state index contributed by atoms with van der Waals surface area (Å²) >= 11 is 0. The minimum Gasteiger partial charge on any atom is -0.267 e. The molecule has 0 aliphatic carbocycles. The van der Waals surface area contributed by atoms with Crippen LogP contribution < -0.4 is 0 Å². The van der Waals surface area contributed by atoms with Crippen LogP contribution in [0.15, 0.2) is 143 Å². The van der Waals surface area contributed by atoms with Crippen molar-refractivity contribution in [2.45, 2.75) is 13.8 Å². The van der Waals surface area contributed by atoms with Crippen molar-refractivity contribution < 1.29 is 9.59 Å². The maximum Gasteiger partial charge on any atom is 0.277 e. The zero-order valence-corrected chi connectivity index (χ0v) is 22.4. The lowest BCUT2D eigenvalue weighted by Gasteiger charge is -2.09. The molecular weight excluding hydrogens is 492 g/mol. The quantitative estimate of drug-likeness (QED) is 0.216. The molecule has 2 amide bonds. The third-order valence-electron chi connectivity index (χ3n) is 6.53. The van der Waals surface area contributed by atoms with E-state index in [0.717, 1.165) is 33.4 Å². The minimum absolute atomic E-state index is 0.318. The van der Waals surface area contributed by atoms with Crippen LogP contribution in [0, 0.1) is 13.8 Å². The minimum atomic E-state index is -0.431. The van der Waals surface area contributed by atoms with Gasteiger partial charge in [0, 0.05) is 33.4 Å². The van der Waals surface area contributed by atoms with Crippen molar-refractivity contribution in [3.8, 4) is 0 Å². The summed E-state index contributed by atoms with van der Waals surface area (Å²) in [6.45, 7) is 4.03. The van der Waals surface area contributed by atoms with Gasteiger partial charge in [-0.05, 0) is 32.0 Å². The van der Waals surface area contributed by atoms with Crippen LogP contribution in [0.1, 0.15) is 54.1 Å². The van der Waals surface area contributed by atoms with Gasteiger partial charge in [-0.3, -0.25) is 9.59 Å². The molecule has 0 spiro atoms. The predicted octanol–water partition coefficient (Wildman–Crippen LogP) is 7.66. The van der Waals surface area contributed by atoms with E-state index in [1.165, 1.54) is 0 Å². The van der Waals surface area contributed by atoms with E-state index in [4.69, 9.17) is 0 Å². The Morgan fingerprint density at radius 2 is 0.725 bits per heavy atom. The van der Waals surface area contributed by atoms with Gasteiger partial charge >= 0.3 is 0 Å². The van der Waals surface area contributed by atoms with Gasteiger partial charge < -0.3 is 0 Å². The van der Waals surface area contributed by atoms with E-state index in [0.29, 0.717) is 22.6 Å². The summed E-state index contributed by atoms with van der Waals surface area (Å²) in [5.41, 5.74) is 7.38. The van der Waals surface area contributed by atoms with Gasteiger partial charge in [0.05, 0.1) is 11.4 Å². The zero-order chi connectivity index (χ0) is 27.9. The molecule has 5 aromatic carbocycles. The Kier molecular flexibility index (Phi) is 7.98. The standard InChI is InChI=1S/C36H28N2O2/c1-25-16-20-29(21-17-25)33(27-10-5-3-6-11-27)37-35(39)31-14-9-15-32(24-31)36(40)38-34(28-12-7-4-8-13-28)30-22-18-26(2)19-23-30/h3-24H,1-2H3. The second-order valence-electron chi connectivity index (χ2n) is 9.58. The fourth-order valence-electron chi connectivity index (χ4n) is 4.32. The third-order valence-corrected chi connectivity index (χ3v) is 6.53. The largest absolute Gasteiger partial charge is 0.277 e. The highest BCUT2D eigenvalue weighted by atomic mass is 16.2. The topological polar surface area (TPSA) is 58.9 Å². The van der Waals surface area contributed by atoms with Crippen molar-refractivity contribution in [1.29, 1.82) is 0 Å². The first-order valence-electron chi connectivity index (χ1n) is 13.1. The van der Waals surface area contributed by atoms with Crippen molar-refractivity contribution in [2.75, 3.05) is 0 Å². The summed E-state index contributed by atoms with van der Waals surface area (Å²) in [7, 11) is 0. The number of aryl methyl sites for hydroxylation is 2. The van der Waals surface area contributed by atoms with Gasteiger partial charge in [0.2, 0.25) is 0 Å². The van der Waals surface area contributed by atoms with Gasteiger partial charge in [0.1, 0.15) is 0 Å². The molecule has 4 heteroatoms. The first-order valence-corrected chi connectivity index (χ1v) is 13.1. The number of hydrogen-bond acceptors (Lipinski definition) is 2. The number of rotatable bonds is 6. The Morgan fingerprint density at radius 1 is 0.400 bits per heavy atom. The molecule has 0 saturated heterocycles. The lowest BCUT2D eigenvalue weighted by atomic mass is 10.0. The summed E-state index contributed by atoms with van der Waals surface area (Å²) in [4.78, 5) is 35.8. The highest BCUT2D eigenvalue weighted by molar-refractivity contribution is 6.20. The van der Waals surface area contributed by atoms with Crippen LogP contribution in [-0.4, -0.2) is 23.2 Å². The molecular formula is C36H28N2O2. The first-order chi connectivity index (χ1) is 19.5. The number of aliphatic imine (C=N–C) groups is 2. The van der Waals surface area contributed by atoms with Crippen LogP contribution in [-0.2, 0) is 0 Å². The van der Waals surface area contributed by atoms with Gasteiger partial charge in [-0.25, -0.2) is 9.98 Å². The van der Waals surface area contributed by atoms with Crippen molar-refractivity contribution in [3.63, 3.8) is 0 Å². The lowest BCUT2D eigenvalue weighted by Crippen LogP contribution is -2.10. The monoisotopic (exact) mass is 520 g/mol. The lowest BCUT2D eigenvalue weighted by molar-refractivity contribution is 0.100. The van der Waals surface area contributed by atoms with E-state index in [9.17, 15) is 9.59 Å². The summed E-state index contributed by atoms with van der Waals surface area (Å²) in [5.74, 6) is -0.861. The van der Waals surface area contributed by atoms with E-state index < -0.39 is 11.8 Å². The van der Waals surface area contributed by atoms with E-state index in [2.05, 4.69) is 9.98 Å².